The predicted molar refractivity (Wildman–Crippen MR) is 75.4 cm³/mol. The smallest absolute Gasteiger partial charge is 0.0403 e. The van der Waals surface area contributed by atoms with Crippen molar-refractivity contribution in [3.63, 3.8) is 0 Å². The van der Waals surface area contributed by atoms with Gasteiger partial charge in [-0.05, 0) is 44.0 Å². The molecule has 0 spiro atoms. The van der Waals surface area contributed by atoms with Crippen molar-refractivity contribution in [2.24, 2.45) is 0 Å². The normalized spacial score (nSPS) is 12.3. The van der Waals surface area contributed by atoms with Crippen LogP contribution in [0.2, 0.25) is 0 Å². The number of rotatable bonds is 6. The Morgan fingerprint density at radius 2 is 1.83 bits per heavy atom. The van der Waals surface area contributed by atoms with Gasteiger partial charge in [0.25, 0.3) is 0 Å². The van der Waals surface area contributed by atoms with Crippen LogP contribution in [0, 0.1) is 0 Å². The highest BCUT2D eigenvalue weighted by atomic mass is 14.9. The van der Waals surface area contributed by atoms with Crippen molar-refractivity contribution in [2.45, 2.75) is 25.3 Å². The van der Waals surface area contributed by atoms with Gasteiger partial charge in [-0.2, -0.15) is 0 Å². The number of nitrogens with zero attached hydrogens (tertiary/aromatic N) is 1. The fraction of sp³-hybridized carbons (Fsp3) is 0.312. The van der Waals surface area contributed by atoms with E-state index in [1.807, 2.05) is 19.3 Å². The lowest BCUT2D eigenvalue weighted by Crippen LogP contribution is -2.16. The molecule has 18 heavy (non-hydrogen) atoms. The summed E-state index contributed by atoms with van der Waals surface area (Å²) in [5.74, 6) is 0. The molecule has 2 aromatic rings. The number of aromatic nitrogens is 1. The topological polar surface area (TPSA) is 24.9 Å². The van der Waals surface area contributed by atoms with E-state index in [1.54, 1.807) is 0 Å². The highest BCUT2D eigenvalue weighted by Crippen LogP contribution is 2.18. The Balaban J connectivity index is 1.85. The molecule has 1 aromatic heterocycles. The first-order valence-corrected chi connectivity index (χ1v) is 6.52. The molecule has 0 aliphatic carbocycles. The minimum Gasteiger partial charge on any atom is -0.313 e. The molecule has 0 bridgehead atoms. The van der Waals surface area contributed by atoms with Crippen molar-refractivity contribution >= 4 is 0 Å². The zero-order chi connectivity index (χ0) is 12.6. The minimum atomic E-state index is 0.440. The van der Waals surface area contributed by atoms with Crippen LogP contribution in [0.3, 0.4) is 0 Å². The third-order valence-corrected chi connectivity index (χ3v) is 3.20. The fourth-order valence-electron chi connectivity index (χ4n) is 2.20. The summed E-state index contributed by atoms with van der Waals surface area (Å²) in [7, 11) is 2.03. The van der Waals surface area contributed by atoms with Gasteiger partial charge in [0.15, 0.2) is 0 Å². The van der Waals surface area contributed by atoms with Crippen LogP contribution >= 0.6 is 0 Å². The molecule has 94 valence electrons. The van der Waals surface area contributed by atoms with E-state index in [2.05, 4.69) is 52.8 Å². The van der Waals surface area contributed by atoms with Crippen molar-refractivity contribution in [3.8, 4) is 0 Å². The summed E-state index contributed by atoms with van der Waals surface area (Å²) in [6.07, 6.45) is 5.20. The lowest BCUT2D eigenvalue weighted by molar-refractivity contribution is 0.525. The molecule has 2 nitrogen and oxygen atoms in total. The maximum atomic E-state index is 4.35. The molecule has 0 saturated heterocycles. The molecule has 0 saturated carbocycles. The predicted octanol–water partition coefficient (Wildman–Crippen LogP) is 3.37. The number of nitrogens with one attached hydrogen (secondary N) is 1. The molecule has 0 aliphatic rings. The fourth-order valence-corrected chi connectivity index (χ4v) is 2.20. The first-order chi connectivity index (χ1) is 8.90. The van der Waals surface area contributed by atoms with Gasteiger partial charge in [0.05, 0.1) is 0 Å². The van der Waals surface area contributed by atoms with E-state index < -0.39 is 0 Å². The van der Waals surface area contributed by atoms with Gasteiger partial charge in [0.2, 0.25) is 0 Å². The van der Waals surface area contributed by atoms with Crippen LogP contribution in [0.1, 0.15) is 30.1 Å². The summed E-state index contributed by atoms with van der Waals surface area (Å²) in [6.45, 7) is 0. The molecule has 1 heterocycles. The lowest BCUT2D eigenvalue weighted by Gasteiger charge is -2.16. The van der Waals surface area contributed by atoms with Crippen molar-refractivity contribution in [1.29, 1.82) is 0 Å². The van der Waals surface area contributed by atoms with Gasteiger partial charge in [-0.3, -0.25) is 4.98 Å². The van der Waals surface area contributed by atoms with Crippen LogP contribution in [-0.4, -0.2) is 12.0 Å². The van der Waals surface area contributed by atoms with Gasteiger partial charge in [0.1, 0.15) is 0 Å². The summed E-state index contributed by atoms with van der Waals surface area (Å²) in [5.41, 5.74) is 2.54. The van der Waals surface area contributed by atoms with Crippen molar-refractivity contribution in [3.05, 3.63) is 66.0 Å². The molecule has 0 fully saturated rings. The molecule has 1 unspecified atom stereocenters. The van der Waals surface area contributed by atoms with E-state index in [0.717, 1.165) is 19.3 Å². The number of hydrogen-bond acceptors (Lipinski definition) is 2. The van der Waals surface area contributed by atoms with E-state index in [4.69, 9.17) is 0 Å². The van der Waals surface area contributed by atoms with Gasteiger partial charge < -0.3 is 5.32 Å². The Morgan fingerprint density at radius 3 is 2.50 bits per heavy atom. The second kappa shape index (κ2) is 6.92. The molecule has 0 radical (unpaired) electrons. The number of aryl methyl sites for hydroxylation is 1. The van der Waals surface area contributed by atoms with Gasteiger partial charge in [0, 0.05) is 17.9 Å². The van der Waals surface area contributed by atoms with Crippen LogP contribution < -0.4 is 5.32 Å². The van der Waals surface area contributed by atoms with Crippen molar-refractivity contribution in [1.82, 2.24) is 10.3 Å². The van der Waals surface area contributed by atoms with E-state index in [1.165, 1.54) is 11.3 Å². The Bertz CT molecular complexity index is 439. The quantitative estimate of drug-likeness (QED) is 0.837. The molecule has 1 N–H and O–H groups in total. The molecule has 0 amide bonds. The summed E-state index contributed by atoms with van der Waals surface area (Å²) < 4.78 is 0. The Morgan fingerprint density at radius 1 is 1.06 bits per heavy atom. The van der Waals surface area contributed by atoms with Crippen molar-refractivity contribution in [2.75, 3.05) is 7.05 Å². The maximum absolute atomic E-state index is 4.35. The summed E-state index contributed by atoms with van der Waals surface area (Å²) >= 11 is 0. The average molecular weight is 240 g/mol. The summed E-state index contributed by atoms with van der Waals surface area (Å²) in [6, 6.07) is 17.2. The lowest BCUT2D eigenvalue weighted by atomic mass is 10.0. The van der Waals surface area contributed by atoms with E-state index >= 15 is 0 Å². The Kier molecular flexibility index (Phi) is 4.91. The molecular formula is C16H20N2. The molecule has 2 heteroatoms. The number of hydrogen-bond donors (Lipinski definition) is 1. The van der Waals surface area contributed by atoms with E-state index in [-0.39, 0.29) is 0 Å². The Hall–Kier alpha value is -1.67. The number of pyridine rings is 1. The highest BCUT2D eigenvalue weighted by Gasteiger charge is 2.08. The monoisotopic (exact) mass is 240 g/mol. The first kappa shape index (κ1) is 12.8. The maximum Gasteiger partial charge on any atom is 0.0403 e. The third kappa shape index (κ3) is 3.67. The zero-order valence-corrected chi connectivity index (χ0v) is 10.8. The van der Waals surface area contributed by atoms with Crippen LogP contribution in [0.25, 0.3) is 0 Å². The van der Waals surface area contributed by atoms with Crippen LogP contribution in [0.4, 0.5) is 0 Å². The zero-order valence-electron chi connectivity index (χ0n) is 10.8. The summed E-state index contributed by atoms with van der Waals surface area (Å²) in [4.78, 5) is 4.35. The molecule has 1 aromatic carbocycles. The van der Waals surface area contributed by atoms with Crippen LogP contribution in [-0.2, 0) is 6.42 Å². The molecular weight excluding hydrogens is 220 g/mol. The van der Waals surface area contributed by atoms with Crippen LogP contribution in [0.5, 0.6) is 0 Å². The minimum absolute atomic E-state index is 0.440. The van der Waals surface area contributed by atoms with Gasteiger partial charge in [-0.15, -0.1) is 0 Å². The largest absolute Gasteiger partial charge is 0.313 e. The van der Waals surface area contributed by atoms with E-state index in [9.17, 15) is 0 Å². The molecule has 0 aliphatic heterocycles. The third-order valence-electron chi connectivity index (χ3n) is 3.20. The number of benzene rings is 1. The average Bonchev–Trinajstić information content (AvgIpc) is 2.46. The summed E-state index contributed by atoms with van der Waals surface area (Å²) in [5, 5.41) is 3.38. The van der Waals surface area contributed by atoms with Gasteiger partial charge in [-0.1, -0.05) is 36.4 Å². The SMILES string of the molecule is CNC(CCCc1ccccn1)c1ccccc1. The molecule has 2 rings (SSSR count). The molecule has 1 atom stereocenters. The van der Waals surface area contributed by atoms with Gasteiger partial charge in [-0.25, -0.2) is 0 Å². The van der Waals surface area contributed by atoms with E-state index in [0.29, 0.717) is 6.04 Å². The second-order valence-corrected chi connectivity index (χ2v) is 4.47. The second-order valence-electron chi connectivity index (χ2n) is 4.47. The van der Waals surface area contributed by atoms with Crippen LogP contribution in [0.15, 0.2) is 54.7 Å². The highest BCUT2D eigenvalue weighted by molar-refractivity contribution is 5.18. The Labute approximate surface area is 109 Å². The van der Waals surface area contributed by atoms with Crippen molar-refractivity contribution < 1.29 is 0 Å². The first-order valence-electron chi connectivity index (χ1n) is 6.52. The van der Waals surface area contributed by atoms with Gasteiger partial charge >= 0.3 is 0 Å². The standard InChI is InChI=1S/C16H20N2/c1-17-16(14-8-3-2-4-9-14)12-7-11-15-10-5-6-13-18-15/h2-6,8-10,13,16-17H,7,11-12H2,1H3.